The molecule has 1 aromatic rings. The Bertz CT molecular complexity index is 488. The van der Waals surface area contributed by atoms with Crippen molar-refractivity contribution in [1.82, 2.24) is 4.90 Å². The van der Waals surface area contributed by atoms with Crippen molar-refractivity contribution in [3.63, 3.8) is 0 Å². The molecule has 1 atom stereocenters. The van der Waals surface area contributed by atoms with Gasteiger partial charge in [0.1, 0.15) is 5.75 Å². The van der Waals surface area contributed by atoms with Crippen LogP contribution in [0.2, 0.25) is 5.02 Å². The normalized spacial score (nSPS) is 18.9. The molecule has 0 radical (unpaired) electrons. The third kappa shape index (κ3) is 2.78. The topological polar surface area (TPSA) is 50.9 Å². The highest BCUT2D eigenvalue weighted by Crippen LogP contribution is 2.37. The van der Waals surface area contributed by atoms with Gasteiger partial charge in [0.25, 0.3) is 0 Å². The van der Waals surface area contributed by atoms with Crippen molar-refractivity contribution in [2.45, 2.75) is 19.9 Å². The Hall–Kier alpha value is -1.42. The van der Waals surface area contributed by atoms with Crippen molar-refractivity contribution in [3.8, 4) is 5.75 Å². The number of halogens is 1. The van der Waals surface area contributed by atoms with E-state index in [0.717, 1.165) is 17.9 Å². The molecule has 2 rings (SSSR count). The Morgan fingerprint density at radius 2 is 2.26 bits per heavy atom. The lowest BCUT2D eigenvalue weighted by atomic mass is 10.0. The van der Waals surface area contributed by atoms with Gasteiger partial charge in [-0.2, -0.15) is 0 Å². The Labute approximate surface area is 119 Å². The lowest BCUT2D eigenvalue weighted by Gasteiger charge is -2.29. The van der Waals surface area contributed by atoms with Crippen LogP contribution in [0.4, 0.5) is 0 Å². The molecule has 0 aliphatic carbocycles. The molecule has 2 N–H and O–H groups in total. The molecule has 1 unspecified atom stereocenters. The molecule has 0 fully saturated rings. The molecule has 4 nitrogen and oxygen atoms in total. The molecule has 0 spiro atoms. The van der Waals surface area contributed by atoms with Gasteiger partial charge in [-0.3, -0.25) is 4.99 Å². The van der Waals surface area contributed by atoms with Gasteiger partial charge in [0.15, 0.2) is 5.96 Å². The number of hydrogen-bond donors (Lipinski definition) is 1. The van der Waals surface area contributed by atoms with Crippen LogP contribution in [0.5, 0.6) is 5.75 Å². The van der Waals surface area contributed by atoms with Gasteiger partial charge in [-0.05, 0) is 18.1 Å². The van der Waals surface area contributed by atoms with Crippen molar-refractivity contribution in [3.05, 3.63) is 28.8 Å². The average Bonchev–Trinajstić information content (AvgIpc) is 2.70. The van der Waals surface area contributed by atoms with Crippen LogP contribution in [-0.2, 0) is 0 Å². The number of methoxy groups -OCH3 is 1. The average molecular weight is 282 g/mol. The van der Waals surface area contributed by atoms with Gasteiger partial charge in [-0.15, -0.1) is 0 Å². The largest absolute Gasteiger partial charge is 0.496 e. The quantitative estimate of drug-likeness (QED) is 0.923. The van der Waals surface area contributed by atoms with E-state index < -0.39 is 0 Å². The van der Waals surface area contributed by atoms with Crippen molar-refractivity contribution in [2.24, 2.45) is 16.6 Å². The number of hydrogen-bond acceptors (Lipinski definition) is 4. The summed E-state index contributed by atoms with van der Waals surface area (Å²) in [5, 5.41) is 0.697. The van der Waals surface area contributed by atoms with E-state index in [1.165, 1.54) is 0 Å². The van der Waals surface area contributed by atoms with Crippen LogP contribution in [0, 0.1) is 5.92 Å². The lowest BCUT2D eigenvalue weighted by molar-refractivity contribution is 0.300. The zero-order valence-electron chi connectivity index (χ0n) is 11.6. The van der Waals surface area contributed by atoms with Crippen molar-refractivity contribution in [1.29, 1.82) is 0 Å². The zero-order valence-corrected chi connectivity index (χ0v) is 12.3. The van der Waals surface area contributed by atoms with E-state index in [1.807, 2.05) is 18.2 Å². The van der Waals surface area contributed by atoms with E-state index in [4.69, 9.17) is 22.1 Å². The third-order valence-electron chi connectivity index (χ3n) is 3.22. The molecular formula is C14H20ClN3O. The summed E-state index contributed by atoms with van der Waals surface area (Å²) in [7, 11) is 1.65. The molecule has 1 aromatic carbocycles. The molecule has 19 heavy (non-hydrogen) atoms. The first-order valence-electron chi connectivity index (χ1n) is 6.43. The maximum Gasteiger partial charge on any atom is 0.191 e. The predicted octanol–water partition coefficient (Wildman–Crippen LogP) is 2.68. The van der Waals surface area contributed by atoms with Crippen LogP contribution in [0.1, 0.15) is 25.5 Å². The highest BCUT2D eigenvalue weighted by molar-refractivity contribution is 6.31. The van der Waals surface area contributed by atoms with Crippen LogP contribution in [0.3, 0.4) is 0 Å². The van der Waals surface area contributed by atoms with Gasteiger partial charge in [0, 0.05) is 17.1 Å². The van der Waals surface area contributed by atoms with E-state index in [0.29, 0.717) is 23.4 Å². The SMILES string of the molecule is COc1cccc(Cl)c1C1CN=C(N)N1CC(C)C. The maximum absolute atomic E-state index is 6.34. The fourth-order valence-corrected chi connectivity index (χ4v) is 2.70. The number of benzene rings is 1. The second-order valence-electron chi connectivity index (χ2n) is 5.12. The number of rotatable bonds is 4. The van der Waals surface area contributed by atoms with Gasteiger partial charge >= 0.3 is 0 Å². The van der Waals surface area contributed by atoms with E-state index in [2.05, 4.69) is 23.7 Å². The number of guanidine groups is 1. The summed E-state index contributed by atoms with van der Waals surface area (Å²) in [4.78, 5) is 6.46. The fraction of sp³-hybridized carbons (Fsp3) is 0.500. The summed E-state index contributed by atoms with van der Waals surface area (Å²) < 4.78 is 5.42. The van der Waals surface area contributed by atoms with Gasteiger partial charge in [-0.1, -0.05) is 31.5 Å². The molecule has 1 aliphatic heterocycles. The van der Waals surface area contributed by atoms with Crippen LogP contribution in [0.15, 0.2) is 23.2 Å². The van der Waals surface area contributed by atoms with Crippen LogP contribution in [-0.4, -0.2) is 31.1 Å². The van der Waals surface area contributed by atoms with Crippen LogP contribution in [0.25, 0.3) is 0 Å². The van der Waals surface area contributed by atoms with E-state index >= 15 is 0 Å². The van der Waals surface area contributed by atoms with Crippen LogP contribution < -0.4 is 10.5 Å². The summed E-state index contributed by atoms with van der Waals surface area (Å²) in [6.45, 7) is 5.80. The maximum atomic E-state index is 6.34. The molecule has 0 saturated heterocycles. The molecule has 0 amide bonds. The van der Waals surface area contributed by atoms with Gasteiger partial charge < -0.3 is 15.4 Å². The van der Waals surface area contributed by atoms with E-state index in [-0.39, 0.29) is 6.04 Å². The summed E-state index contributed by atoms with van der Waals surface area (Å²) in [5.74, 6) is 1.87. The molecule has 0 bridgehead atoms. The number of aliphatic imine (C=N–C) groups is 1. The lowest BCUT2D eigenvalue weighted by Crippen LogP contribution is -2.38. The summed E-state index contributed by atoms with van der Waals surface area (Å²) in [6.07, 6.45) is 0. The molecule has 5 heteroatoms. The minimum Gasteiger partial charge on any atom is -0.496 e. The molecule has 0 aromatic heterocycles. The molecule has 1 heterocycles. The highest BCUT2D eigenvalue weighted by atomic mass is 35.5. The molecule has 0 saturated carbocycles. The predicted molar refractivity (Wildman–Crippen MR) is 78.8 cm³/mol. The first-order chi connectivity index (χ1) is 9.04. The second-order valence-corrected chi connectivity index (χ2v) is 5.52. The summed E-state index contributed by atoms with van der Waals surface area (Å²) >= 11 is 6.34. The Morgan fingerprint density at radius 1 is 1.53 bits per heavy atom. The Balaban J connectivity index is 2.36. The minimum absolute atomic E-state index is 0.0612. The molecule has 104 valence electrons. The van der Waals surface area contributed by atoms with Crippen molar-refractivity contribution >= 4 is 17.6 Å². The van der Waals surface area contributed by atoms with Gasteiger partial charge in [0.05, 0.1) is 19.7 Å². The smallest absolute Gasteiger partial charge is 0.191 e. The van der Waals surface area contributed by atoms with Crippen LogP contribution >= 0.6 is 11.6 Å². The van der Waals surface area contributed by atoms with Gasteiger partial charge in [-0.25, -0.2) is 0 Å². The fourth-order valence-electron chi connectivity index (χ4n) is 2.41. The van der Waals surface area contributed by atoms with Crippen molar-refractivity contribution < 1.29 is 4.74 Å². The first-order valence-corrected chi connectivity index (χ1v) is 6.81. The highest BCUT2D eigenvalue weighted by Gasteiger charge is 2.31. The van der Waals surface area contributed by atoms with E-state index in [9.17, 15) is 0 Å². The standard InChI is InChI=1S/C14H20ClN3O/c1-9(2)8-18-11(7-17-14(18)16)13-10(15)5-4-6-12(13)19-3/h4-6,9,11H,7-8H2,1-3H3,(H2,16,17). The first kappa shape index (κ1) is 14.0. The second kappa shape index (κ2) is 5.70. The number of ether oxygens (including phenoxy) is 1. The molecular weight excluding hydrogens is 262 g/mol. The van der Waals surface area contributed by atoms with Gasteiger partial charge in [0.2, 0.25) is 0 Å². The summed E-state index contributed by atoms with van der Waals surface area (Å²) in [5.41, 5.74) is 6.96. The third-order valence-corrected chi connectivity index (χ3v) is 3.55. The Morgan fingerprint density at radius 3 is 2.89 bits per heavy atom. The Kier molecular flexibility index (Phi) is 4.20. The number of nitrogens with two attached hydrogens (primary N) is 1. The zero-order chi connectivity index (χ0) is 14.0. The monoisotopic (exact) mass is 281 g/mol. The number of nitrogens with zero attached hydrogens (tertiary/aromatic N) is 2. The molecule has 1 aliphatic rings. The van der Waals surface area contributed by atoms with E-state index in [1.54, 1.807) is 7.11 Å². The van der Waals surface area contributed by atoms with Crippen molar-refractivity contribution in [2.75, 3.05) is 20.2 Å². The minimum atomic E-state index is 0.0612. The summed E-state index contributed by atoms with van der Waals surface area (Å²) in [6, 6.07) is 5.74.